The largest absolute Gasteiger partial charge is 0.370 e. The van der Waals surface area contributed by atoms with E-state index >= 15 is 0 Å². The van der Waals surface area contributed by atoms with Gasteiger partial charge in [-0.1, -0.05) is 20.8 Å². The maximum Gasteiger partial charge on any atom is 0.130 e. The highest BCUT2D eigenvalue weighted by atomic mass is 15.0. The first-order chi connectivity index (χ1) is 10.9. The first kappa shape index (κ1) is 16.5. The van der Waals surface area contributed by atoms with Crippen LogP contribution in [0.5, 0.6) is 0 Å². The van der Waals surface area contributed by atoms with Gasteiger partial charge in [0.1, 0.15) is 5.84 Å². The lowest BCUT2D eigenvalue weighted by Gasteiger charge is -2.37. The van der Waals surface area contributed by atoms with Crippen LogP contribution in [0.1, 0.15) is 75.6 Å². The number of pyridine rings is 1. The molecule has 0 atom stereocenters. The van der Waals surface area contributed by atoms with Crippen LogP contribution in [0.25, 0.3) is 0 Å². The van der Waals surface area contributed by atoms with Crippen molar-refractivity contribution >= 4 is 5.84 Å². The molecule has 0 aromatic carbocycles. The molecular formula is C20H31N3. The van der Waals surface area contributed by atoms with Crippen molar-refractivity contribution in [3.8, 4) is 0 Å². The summed E-state index contributed by atoms with van der Waals surface area (Å²) in [6.07, 6.45) is 8.52. The fraction of sp³-hybridized carbons (Fsp3) is 0.700. The van der Waals surface area contributed by atoms with Crippen molar-refractivity contribution in [1.82, 2.24) is 10.3 Å². The van der Waals surface area contributed by atoms with E-state index in [2.05, 4.69) is 55.3 Å². The van der Waals surface area contributed by atoms with E-state index in [1.165, 1.54) is 36.8 Å². The highest BCUT2D eigenvalue weighted by molar-refractivity contribution is 6.00. The second-order valence-electron chi connectivity index (χ2n) is 8.33. The maximum atomic E-state index is 4.68. The Morgan fingerprint density at radius 1 is 1.13 bits per heavy atom. The van der Waals surface area contributed by atoms with Gasteiger partial charge in [0.05, 0.1) is 0 Å². The molecule has 3 rings (SSSR count). The van der Waals surface area contributed by atoms with Crippen LogP contribution in [0.3, 0.4) is 0 Å². The zero-order chi connectivity index (χ0) is 16.4. The van der Waals surface area contributed by atoms with E-state index in [1.54, 1.807) is 0 Å². The van der Waals surface area contributed by atoms with Crippen LogP contribution in [0.15, 0.2) is 17.3 Å². The minimum absolute atomic E-state index is 0.447. The fourth-order valence-electron chi connectivity index (χ4n) is 4.02. The Labute approximate surface area is 141 Å². The summed E-state index contributed by atoms with van der Waals surface area (Å²) in [6.45, 7) is 11.2. The molecule has 1 fully saturated rings. The van der Waals surface area contributed by atoms with Gasteiger partial charge in [0.25, 0.3) is 0 Å². The van der Waals surface area contributed by atoms with E-state index < -0.39 is 0 Å². The second kappa shape index (κ2) is 6.62. The summed E-state index contributed by atoms with van der Waals surface area (Å²) in [5.74, 6) is 2.58. The smallest absolute Gasteiger partial charge is 0.130 e. The molecule has 23 heavy (non-hydrogen) atoms. The minimum atomic E-state index is 0.447. The van der Waals surface area contributed by atoms with Gasteiger partial charge < -0.3 is 5.32 Å². The number of aliphatic imine (C=N–C) groups is 1. The zero-order valence-electron chi connectivity index (χ0n) is 15.2. The summed E-state index contributed by atoms with van der Waals surface area (Å²) >= 11 is 0. The Bertz CT molecular complexity index is 575. The molecule has 3 nitrogen and oxygen atoms in total. The molecule has 126 valence electrons. The Morgan fingerprint density at radius 3 is 2.48 bits per heavy atom. The van der Waals surface area contributed by atoms with Crippen LogP contribution in [0.4, 0.5) is 0 Å². The average Bonchev–Trinajstić information content (AvgIpc) is 2.55. The van der Waals surface area contributed by atoms with Gasteiger partial charge in [-0.25, -0.2) is 0 Å². The molecule has 1 aromatic heterocycles. The molecule has 2 heterocycles. The molecule has 0 radical (unpaired) electrons. The molecule has 1 aliphatic carbocycles. The first-order valence-corrected chi connectivity index (χ1v) is 9.20. The van der Waals surface area contributed by atoms with E-state index in [9.17, 15) is 0 Å². The number of rotatable bonds is 2. The van der Waals surface area contributed by atoms with Gasteiger partial charge in [-0.2, -0.15) is 0 Å². The Hall–Kier alpha value is -1.38. The Morgan fingerprint density at radius 2 is 1.87 bits per heavy atom. The summed E-state index contributed by atoms with van der Waals surface area (Å²) in [5.41, 5.74) is 4.15. The van der Waals surface area contributed by atoms with E-state index in [-0.39, 0.29) is 0 Å². The molecule has 1 saturated carbocycles. The Kier molecular flexibility index (Phi) is 4.74. The van der Waals surface area contributed by atoms with Crippen molar-refractivity contribution in [2.75, 3.05) is 13.1 Å². The van der Waals surface area contributed by atoms with Gasteiger partial charge in [0.15, 0.2) is 0 Å². The van der Waals surface area contributed by atoms with E-state index in [1.807, 2.05) is 0 Å². The highest BCUT2D eigenvalue weighted by Gasteiger charge is 2.30. The molecule has 1 aromatic rings. The summed E-state index contributed by atoms with van der Waals surface area (Å²) < 4.78 is 0. The average molecular weight is 313 g/mol. The van der Waals surface area contributed by atoms with Crippen LogP contribution in [-0.2, 0) is 0 Å². The lowest BCUT2D eigenvalue weighted by Crippen LogP contribution is -2.31. The van der Waals surface area contributed by atoms with Gasteiger partial charge in [-0.05, 0) is 67.9 Å². The maximum absolute atomic E-state index is 4.68. The van der Waals surface area contributed by atoms with Crippen molar-refractivity contribution in [3.63, 3.8) is 0 Å². The van der Waals surface area contributed by atoms with Crippen molar-refractivity contribution in [3.05, 3.63) is 29.1 Å². The van der Waals surface area contributed by atoms with Crippen molar-refractivity contribution < 1.29 is 0 Å². The van der Waals surface area contributed by atoms with Gasteiger partial charge >= 0.3 is 0 Å². The third kappa shape index (κ3) is 3.76. The van der Waals surface area contributed by atoms with Crippen molar-refractivity contribution in [2.24, 2.45) is 16.3 Å². The van der Waals surface area contributed by atoms with Crippen LogP contribution in [0, 0.1) is 18.3 Å². The zero-order valence-corrected chi connectivity index (χ0v) is 15.2. The normalized spacial score (nSPS) is 25.7. The molecule has 0 unspecified atom stereocenters. The van der Waals surface area contributed by atoms with E-state index in [4.69, 9.17) is 0 Å². The molecule has 0 saturated heterocycles. The summed E-state index contributed by atoms with van der Waals surface area (Å²) in [5, 5.41) is 3.44. The molecule has 0 spiro atoms. The lowest BCUT2D eigenvalue weighted by molar-refractivity contribution is 0.169. The topological polar surface area (TPSA) is 37.3 Å². The fourth-order valence-corrected chi connectivity index (χ4v) is 4.02. The highest BCUT2D eigenvalue weighted by Crippen LogP contribution is 2.43. The molecule has 0 bridgehead atoms. The number of hydrogen-bond acceptors (Lipinski definition) is 3. The third-order valence-electron chi connectivity index (χ3n) is 5.68. The number of aromatic nitrogens is 1. The first-order valence-electron chi connectivity index (χ1n) is 9.20. The van der Waals surface area contributed by atoms with Crippen molar-refractivity contribution in [1.29, 1.82) is 0 Å². The van der Waals surface area contributed by atoms with E-state index in [0.717, 1.165) is 37.0 Å². The Balaban J connectivity index is 1.75. The van der Waals surface area contributed by atoms with Crippen molar-refractivity contribution in [2.45, 2.75) is 65.7 Å². The molecule has 2 aliphatic rings. The molecule has 0 amide bonds. The number of hydrogen-bond donors (Lipinski definition) is 1. The molecule has 3 heteroatoms. The summed E-state index contributed by atoms with van der Waals surface area (Å²) in [4.78, 5) is 9.33. The van der Waals surface area contributed by atoms with Crippen LogP contribution >= 0.6 is 0 Å². The standard InChI is InChI=1S/C20H31N3/c1-14-18(19-21-10-5-11-22-19)12-16(13-23-14)15-6-8-17(9-7-15)20(2,3)4/h12-13,15,17H,5-11H2,1-4H3,(H,21,22). The SMILES string of the molecule is Cc1ncc(C2CCC(C(C)(C)C)CC2)cc1C1=NCCCN1. The minimum Gasteiger partial charge on any atom is -0.370 e. The predicted molar refractivity (Wildman–Crippen MR) is 97.2 cm³/mol. The summed E-state index contributed by atoms with van der Waals surface area (Å²) in [6, 6.07) is 2.35. The van der Waals surface area contributed by atoms with Gasteiger partial charge in [-0.3, -0.25) is 9.98 Å². The number of nitrogens with one attached hydrogen (secondary N) is 1. The quantitative estimate of drug-likeness (QED) is 0.876. The van der Waals surface area contributed by atoms with Gasteiger partial charge in [0, 0.05) is 30.5 Å². The van der Waals surface area contributed by atoms with Crippen LogP contribution < -0.4 is 5.32 Å². The van der Waals surface area contributed by atoms with Gasteiger partial charge in [-0.15, -0.1) is 0 Å². The number of aryl methyl sites for hydroxylation is 1. The monoisotopic (exact) mass is 313 g/mol. The third-order valence-corrected chi connectivity index (χ3v) is 5.68. The van der Waals surface area contributed by atoms with E-state index in [0.29, 0.717) is 11.3 Å². The molecule has 1 N–H and O–H groups in total. The molecule has 1 aliphatic heterocycles. The predicted octanol–water partition coefficient (Wildman–Crippen LogP) is 4.45. The van der Waals surface area contributed by atoms with Crippen LogP contribution in [-0.4, -0.2) is 23.9 Å². The second-order valence-corrected chi connectivity index (χ2v) is 8.33. The number of amidine groups is 1. The van der Waals surface area contributed by atoms with Crippen LogP contribution in [0.2, 0.25) is 0 Å². The van der Waals surface area contributed by atoms with Gasteiger partial charge in [0.2, 0.25) is 0 Å². The number of nitrogens with zero attached hydrogens (tertiary/aromatic N) is 2. The lowest BCUT2D eigenvalue weighted by atomic mass is 9.69. The summed E-state index contributed by atoms with van der Waals surface area (Å²) in [7, 11) is 0. The molecular weight excluding hydrogens is 282 g/mol.